The van der Waals surface area contributed by atoms with Crippen LogP contribution < -0.4 is 27.7 Å². The quantitative estimate of drug-likeness (QED) is 0.523. The van der Waals surface area contributed by atoms with Crippen molar-refractivity contribution in [3.63, 3.8) is 0 Å². The lowest BCUT2D eigenvalue weighted by Crippen LogP contribution is -2.07. The van der Waals surface area contributed by atoms with Crippen molar-refractivity contribution >= 4 is 28.2 Å². The zero-order valence-corrected chi connectivity index (χ0v) is 12.1. The number of aromatic nitrogens is 3. The van der Waals surface area contributed by atoms with Crippen molar-refractivity contribution in [2.75, 3.05) is 23.9 Å². The standard InChI is InChI=1S/C14H17N7O/c1-7-10-11(12(16)20-19-7)14(18)21(13(10)17)8-2-4-9(5-3-8)22-6-15/h2-5H,6,15,17-18H2,1H3,(H2,16,20). The molecular weight excluding hydrogens is 282 g/mol. The lowest BCUT2D eigenvalue weighted by atomic mass is 10.2. The molecule has 114 valence electrons. The first-order chi connectivity index (χ1) is 10.5. The van der Waals surface area contributed by atoms with Crippen LogP contribution in [-0.4, -0.2) is 21.5 Å². The predicted molar refractivity (Wildman–Crippen MR) is 86.5 cm³/mol. The van der Waals surface area contributed by atoms with Crippen molar-refractivity contribution in [3.05, 3.63) is 30.0 Å². The molecule has 0 spiro atoms. The molecule has 0 bridgehead atoms. The average molecular weight is 299 g/mol. The van der Waals surface area contributed by atoms with Crippen molar-refractivity contribution < 1.29 is 4.74 Å². The van der Waals surface area contributed by atoms with Crippen molar-refractivity contribution in [2.45, 2.75) is 6.92 Å². The minimum absolute atomic E-state index is 0.115. The summed E-state index contributed by atoms with van der Waals surface area (Å²) in [7, 11) is 0. The van der Waals surface area contributed by atoms with Gasteiger partial charge in [-0.2, -0.15) is 5.10 Å². The summed E-state index contributed by atoms with van der Waals surface area (Å²) in [6.07, 6.45) is 0. The second-order valence-electron chi connectivity index (χ2n) is 4.83. The van der Waals surface area contributed by atoms with Crippen LogP contribution in [0.25, 0.3) is 16.5 Å². The molecule has 8 N–H and O–H groups in total. The number of rotatable bonds is 3. The molecule has 0 saturated heterocycles. The van der Waals surface area contributed by atoms with Gasteiger partial charge in [-0.05, 0) is 31.2 Å². The van der Waals surface area contributed by atoms with E-state index < -0.39 is 0 Å². The Bertz CT molecular complexity index is 794. The Morgan fingerprint density at radius 3 is 2.23 bits per heavy atom. The van der Waals surface area contributed by atoms with Gasteiger partial charge in [0.05, 0.1) is 16.5 Å². The SMILES string of the molecule is Cc1nnc(N)c2c(N)n(-c3ccc(OCN)cc3)c(N)c12. The van der Waals surface area contributed by atoms with Gasteiger partial charge >= 0.3 is 0 Å². The molecule has 8 nitrogen and oxygen atoms in total. The van der Waals surface area contributed by atoms with Gasteiger partial charge in [0.1, 0.15) is 24.1 Å². The van der Waals surface area contributed by atoms with Gasteiger partial charge in [0.15, 0.2) is 5.82 Å². The lowest BCUT2D eigenvalue weighted by molar-refractivity contribution is 0.329. The molecule has 8 heteroatoms. The zero-order valence-electron chi connectivity index (χ0n) is 12.1. The normalized spacial score (nSPS) is 11.0. The van der Waals surface area contributed by atoms with Crippen LogP contribution in [0.2, 0.25) is 0 Å². The van der Waals surface area contributed by atoms with Crippen LogP contribution in [0.15, 0.2) is 24.3 Å². The number of aryl methyl sites for hydroxylation is 1. The summed E-state index contributed by atoms with van der Waals surface area (Å²) < 4.78 is 6.93. The maximum Gasteiger partial charge on any atom is 0.157 e. The number of hydrogen-bond acceptors (Lipinski definition) is 7. The molecule has 0 aliphatic heterocycles. The van der Waals surface area contributed by atoms with Crippen LogP contribution in [-0.2, 0) is 0 Å². The topological polar surface area (TPSA) is 144 Å². The Kier molecular flexibility index (Phi) is 3.22. The van der Waals surface area contributed by atoms with Crippen molar-refractivity contribution in [3.8, 4) is 11.4 Å². The Balaban J connectivity index is 2.23. The number of nitrogens with zero attached hydrogens (tertiary/aromatic N) is 3. The summed E-state index contributed by atoms with van der Waals surface area (Å²) in [4.78, 5) is 0. The molecule has 22 heavy (non-hydrogen) atoms. The number of fused-ring (bicyclic) bond motifs is 1. The number of nitrogens with two attached hydrogens (primary N) is 4. The van der Waals surface area contributed by atoms with Gasteiger partial charge < -0.3 is 21.9 Å². The highest BCUT2D eigenvalue weighted by atomic mass is 16.5. The number of anilines is 3. The van der Waals surface area contributed by atoms with E-state index in [2.05, 4.69) is 10.2 Å². The first kappa shape index (κ1) is 14.0. The number of hydrogen-bond donors (Lipinski definition) is 4. The van der Waals surface area contributed by atoms with Gasteiger partial charge in [-0.25, -0.2) is 0 Å². The van der Waals surface area contributed by atoms with Crippen LogP contribution >= 0.6 is 0 Å². The number of nitrogen functional groups attached to an aromatic ring is 3. The minimum atomic E-state index is 0.115. The first-order valence-electron chi connectivity index (χ1n) is 6.66. The van der Waals surface area contributed by atoms with Crippen LogP contribution in [0.4, 0.5) is 17.5 Å². The van der Waals surface area contributed by atoms with Gasteiger partial charge in [0, 0.05) is 5.69 Å². The molecular formula is C14H17N7O. The van der Waals surface area contributed by atoms with E-state index >= 15 is 0 Å². The molecule has 0 atom stereocenters. The molecule has 0 amide bonds. The zero-order chi connectivity index (χ0) is 15.9. The van der Waals surface area contributed by atoms with Gasteiger partial charge in [-0.3, -0.25) is 10.3 Å². The molecule has 2 aromatic heterocycles. The van der Waals surface area contributed by atoms with Crippen molar-refractivity contribution in [1.29, 1.82) is 0 Å². The summed E-state index contributed by atoms with van der Waals surface area (Å²) in [5.41, 5.74) is 25.2. The van der Waals surface area contributed by atoms with Gasteiger partial charge in [0.25, 0.3) is 0 Å². The van der Waals surface area contributed by atoms with E-state index in [9.17, 15) is 0 Å². The second kappa shape index (κ2) is 5.08. The van der Waals surface area contributed by atoms with E-state index in [0.717, 1.165) is 5.69 Å². The summed E-state index contributed by atoms with van der Waals surface area (Å²) in [6.45, 7) is 1.93. The Hall–Kier alpha value is -3.00. The van der Waals surface area contributed by atoms with Crippen LogP contribution in [0.5, 0.6) is 5.75 Å². The Morgan fingerprint density at radius 1 is 1.00 bits per heavy atom. The molecule has 0 unspecified atom stereocenters. The molecule has 1 aromatic carbocycles. The van der Waals surface area contributed by atoms with Crippen LogP contribution in [0.3, 0.4) is 0 Å². The highest BCUT2D eigenvalue weighted by Gasteiger charge is 2.19. The first-order valence-corrected chi connectivity index (χ1v) is 6.66. The van der Waals surface area contributed by atoms with Crippen LogP contribution in [0, 0.1) is 6.92 Å². The van der Waals surface area contributed by atoms with E-state index in [1.54, 1.807) is 16.7 Å². The fourth-order valence-electron chi connectivity index (χ4n) is 2.53. The van der Waals surface area contributed by atoms with E-state index in [1.807, 2.05) is 19.1 Å². The molecule has 0 aliphatic carbocycles. The molecule has 0 radical (unpaired) electrons. The smallest absolute Gasteiger partial charge is 0.157 e. The number of ether oxygens (including phenoxy) is 1. The third kappa shape index (κ3) is 1.97. The fourth-order valence-corrected chi connectivity index (χ4v) is 2.53. The van der Waals surface area contributed by atoms with Gasteiger partial charge in [-0.15, -0.1) is 5.10 Å². The number of benzene rings is 1. The third-order valence-corrected chi connectivity index (χ3v) is 3.51. The molecule has 3 rings (SSSR count). The van der Waals surface area contributed by atoms with E-state index in [4.69, 9.17) is 27.7 Å². The summed E-state index contributed by atoms with van der Waals surface area (Å²) in [5, 5.41) is 9.23. The molecule has 0 fully saturated rings. The fraction of sp³-hybridized carbons (Fsp3) is 0.143. The predicted octanol–water partition coefficient (Wildman–Crippen LogP) is 0.771. The van der Waals surface area contributed by atoms with E-state index in [0.29, 0.717) is 33.9 Å². The summed E-state index contributed by atoms with van der Waals surface area (Å²) in [5.74, 6) is 1.82. The lowest BCUT2D eigenvalue weighted by Gasteiger charge is -2.10. The molecule has 0 aliphatic rings. The summed E-state index contributed by atoms with van der Waals surface area (Å²) in [6, 6.07) is 7.25. The van der Waals surface area contributed by atoms with E-state index in [-0.39, 0.29) is 12.5 Å². The summed E-state index contributed by atoms with van der Waals surface area (Å²) >= 11 is 0. The maximum atomic E-state index is 6.25. The van der Waals surface area contributed by atoms with Gasteiger partial charge in [0.2, 0.25) is 0 Å². The van der Waals surface area contributed by atoms with Crippen molar-refractivity contribution in [2.24, 2.45) is 5.73 Å². The van der Waals surface area contributed by atoms with Gasteiger partial charge in [-0.1, -0.05) is 0 Å². The minimum Gasteiger partial charge on any atom is -0.479 e. The van der Waals surface area contributed by atoms with Crippen LogP contribution in [0.1, 0.15) is 5.69 Å². The highest BCUT2D eigenvalue weighted by molar-refractivity contribution is 6.08. The monoisotopic (exact) mass is 299 g/mol. The largest absolute Gasteiger partial charge is 0.479 e. The third-order valence-electron chi connectivity index (χ3n) is 3.51. The Morgan fingerprint density at radius 2 is 1.64 bits per heavy atom. The second-order valence-corrected chi connectivity index (χ2v) is 4.83. The molecule has 2 heterocycles. The van der Waals surface area contributed by atoms with Crippen molar-refractivity contribution in [1.82, 2.24) is 14.8 Å². The molecule has 0 saturated carbocycles. The highest BCUT2D eigenvalue weighted by Crippen LogP contribution is 2.37. The van der Waals surface area contributed by atoms with E-state index in [1.165, 1.54) is 0 Å². The average Bonchev–Trinajstić information content (AvgIpc) is 2.77. The Labute approximate surface area is 126 Å². The molecule has 3 aromatic rings. The maximum absolute atomic E-state index is 6.25.